The molecule has 5 rings (SSSR count). The minimum absolute atomic E-state index is 0.0934. The summed E-state index contributed by atoms with van der Waals surface area (Å²) in [5.74, 6) is 1.72. The van der Waals surface area contributed by atoms with E-state index in [1.165, 1.54) is 25.2 Å². The van der Waals surface area contributed by atoms with Crippen LogP contribution in [-0.4, -0.2) is 36.2 Å². The number of imidazole rings is 1. The van der Waals surface area contributed by atoms with Gasteiger partial charge in [-0.1, -0.05) is 5.16 Å². The van der Waals surface area contributed by atoms with Gasteiger partial charge in [0.15, 0.2) is 0 Å². The fraction of sp³-hybridized carbons (Fsp3) is 0.200. The van der Waals surface area contributed by atoms with Crippen LogP contribution in [0.1, 0.15) is 12.8 Å². The van der Waals surface area contributed by atoms with Gasteiger partial charge in [-0.25, -0.2) is 9.97 Å². The Balaban J connectivity index is 1.39. The molecule has 10 nitrogen and oxygen atoms in total. The van der Waals surface area contributed by atoms with E-state index in [1.807, 2.05) is 0 Å². The Morgan fingerprint density at radius 1 is 1.23 bits per heavy atom. The molecule has 0 radical (unpaired) electrons. The fourth-order valence-electron chi connectivity index (χ4n) is 2.97. The van der Waals surface area contributed by atoms with Crippen molar-refractivity contribution in [3.8, 4) is 34.4 Å². The molecule has 0 bridgehead atoms. The Morgan fingerprint density at radius 2 is 2.10 bits per heavy atom. The molecule has 0 N–H and O–H groups in total. The zero-order valence-electron chi connectivity index (χ0n) is 15.7. The maximum atomic E-state index is 11.5. The Bertz CT molecular complexity index is 1180. The van der Waals surface area contributed by atoms with E-state index in [9.17, 15) is 10.1 Å². The number of ether oxygens (including phenoxy) is 1. The summed E-state index contributed by atoms with van der Waals surface area (Å²) in [5, 5.41) is 15.5. The SMILES string of the molecule is O=[N+]([O-])c1cc(-c2nc(-c3ccc(OCC4CC4)nc3)no2)ccc1-n1ccnc1. The van der Waals surface area contributed by atoms with Crippen molar-refractivity contribution in [2.24, 2.45) is 5.92 Å². The first-order chi connectivity index (χ1) is 14.7. The first kappa shape index (κ1) is 18.0. The predicted octanol–water partition coefficient (Wildman–Crippen LogP) is 3.68. The van der Waals surface area contributed by atoms with Crippen LogP contribution < -0.4 is 4.74 Å². The topological polar surface area (TPSA) is 122 Å². The molecule has 1 saturated carbocycles. The summed E-state index contributed by atoms with van der Waals surface area (Å²) in [6.45, 7) is 0.687. The highest BCUT2D eigenvalue weighted by atomic mass is 16.6. The van der Waals surface area contributed by atoms with E-state index in [2.05, 4.69) is 20.1 Å². The van der Waals surface area contributed by atoms with Gasteiger partial charge < -0.3 is 13.8 Å². The van der Waals surface area contributed by atoms with Crippen LogP contribution in [-0.2, 0) is 0 Å². The number of nitro benzene ring substituents is 1. The molecule has 1 aliphatic rings. The third-order valence-electron chi connectivity index (χ3n) is 4.79. The zero-order chi connectivity index (χ0) is 20.5. The summed E-state index contributed by atoms with van der Waals surface area (Å²) in [4.78, 5) is 23.6. The Labute approximate surface area is 170 Å². The van der Waals surface area contributed by atoms with Gasteiger partial charge in [-0.3, -0.25) is 10.1 Å². The van der Waals surface area contributed by atoms with E-state index in [0.717, 1.165) is 0 Å². The molecule has 1 aliphatic carbocycles. The van der Waals surface area contributed by atoms with Gasteiger partial charge in [0.2, 0.25) is 11.7 Å². The van der Waals surface area contributed by atoms with Gasteiger partial charge in [-0.2, -0.15) is 4.98 Å². The minimum Gasteiger partial charge on any atom is -0.477 e. The van der Waals surface area contributed by atoms with Gasteiger partial charge in [-0.15, -0.1) is 0 Å². The lowest BCUT2D eigenvalue weighted by Crippen LogP contribution is -2.00. The molecular formula is C20H16N6O4. The van der Waals surface area contributed by atoms with Crippen LogP contribution in [0.3, 0.4) is 0 Å². The first-order valence-corrected chi connectivity index (χ1v) is 9.37. The van der Waals surface area contributed by atoms with Crippen molar-refractivity contribution in [2.75, 3.05) is 6.61 Å². The van der Waals surface area contributed by atoms with Gasteiger partial charge in [0.25, 0.3) is 11.6 Å². The summed E-state index contributed by atoms with van der Waals surface area (Å²) >= 11 is 0. The summed E-state index contributed by atoms with van der Waals surface area (Å²) in [7, 11) is 0. The van der Waals surface area contributed by atoms with E-state index >= 15 is 0 Å². The first-order valence-electron chi connectivity index (χ1n) is 9.37. The standard InChI is InChI=1S/C20H16N6O4/c27-26(28)17-9-14(3-5-16(17)25-8-7-21-12-25)20-23-19(24-30-20)15-4-6-18(22-10-15)29-11-13-1-2-13/h3-10,12-13H,1-2,11H2. The van der Waals surface area contributed by atoms with E-state index in [1.54, 1.807) is 47.4 Å². The molecule has 1 fully saturated rings. The van der Waals surface area contributed by atoms with Crippen LogP contribution in [0.2, 0.25) is 0 Å². The van der Waals surface area contributed by atoms with Crippen molar-refractivity contribution in [2.45, 2.75) is 12.8 Å². The third-order valence-corrected chi connectivity index (χ3v) is 4.79. The van der Waals surface area contributed by atoms with Crippen molar-refractivity contribution in [1.82, 2.24) is 24.7 Å². The van der Waals surface area contributed by atoms with Crippen LogP contribution in [0.5, 0.6) is 5.88 Å². The number of hydrogen-bond acceptors (Lipinski definition) is 8. The molecule has 0 saturated heterocycles. The van der Waals surface area contributed by atoms with E-state index < -0.39 is 4.92 Å². The highest BCUT2D eigenvalue weighted by molar-refractivity contribution is 5.66. The fourth-order valence-corrected chi connectivity index (χ4v) is 2.97. The molecule has 0 spiro atoms. The molecule has 0 unspecified atom stereocenters. The maximum absolute atomic E-state index is 11.5. The van der Waals surface area contributed by atoms with Crippen LogP contribution in [0, 0.1) is 16.0 Å². The summed E-state index contributed by atoms with van der Waals surface area (Å²) in [6.07, 6.45) is 8.73. The number of pyridine rings is 1. The van der Waals surface area contributed by atoms with E-state index in [4.69, 9.17) is 9.26 Å². The minimum atomic E-state index is -0.458. The van der Waals surface area contributed by atoms with Crippen molar-refractivity contribution in [3.05, 3.63) is 65.4 Å². The smallest absolute Gasteiger partial charge is 0.294 e. The second-order valence-corrected chi connectivity index (χ2v) is 6.99. The number of nitrogens with zero attached hydrogens (tertiary/aromatic N) is 6. The Hall–Kier alpha value is -4.08. The summed E-state index contributed by atoms with van der Waals surface area (Å²) in [6, 6.07) is 8.27. The maximum Gasteiger partial charge on any atom is 0.294 e. The molecule has 150 valence electrons. The van der Waals surface area contributed by atoms with E-state index in [-0.39, 0.29) is 11.6 Å². The van der Waals surface area contributed by atoms with Gasteiger partial charge >= 0.3 is 0 Å². The second kappa shape index (κ2) is 7.39. The van der Waals surface area contributed by atoms with E-state index in [0.29, 0.717) is 41.0 Å². The number of benzene rings is 1. The highest BCUT2D eigenvalue weighted by Crippen LogP contribution is 2.31. The van der Waals surface area contributed by atoms with Gasteiger partial charge in [-0.05, 0) is 37.0 Å². The summed E-state index contributed by atoms with van der Waals surface area (Å²) in [5.41, 5.74) is 1.41. The lowest BCUT2D eigenvalue weighted by atomic mass is 10.1. The molecule has 0 atom stereocenters. The number of rotatable bonds is 7. The number of aromatic nitrogens is 5. The van der Waals surface area contributed by atoms with Crippen molar-refractivity contribution in [3.63, 3.8) is 0 Å². The van der Waals surface area contributed by atoms with Crippen LogP contribution in [0.4, 0.5) is 5.69 Å². The average molecular weight is 404 g/mol. The molecule has 0 amide bonds. The van der Waals surface area contributed by atoms with Gasteiger partial charge in [0.05, 0.1) is 17.9 Å². The quantitative estimate of drug-likeness (QED) is 0.338. The monoisotopic (exact) mass is 404 g/mol. The molecular weight excluding hydrogens is 388 g/mol. The van der Waals surface area contributed by atoms with Crippen molar-refractivity contribution < 1.29 is 14.2 Å². The molecule has 3 heterocycles. The Morgan fingerprint density at radius 3 is 2.80 bits per heavy atom. The highest BCUT2D eigenvalue weighted by Gasteiger charge is 2.22. The van der Waals surface area contributed by atoms with Crippen molar-refractivity contribution >= 4 is 5.69 Å². The lowest BCUT2D eigenvalue weighted by Gasteiger charge is -2.04. The Kier molecular flexibility index (Phi) is 4.43. The number of hydrogen-bond donors (Lipinski definition) is 0. The largest absolute Gasteiger partial charge is 0.477 e. The lowest BCUT2D eigenvalue weighted by molar-refractivity contribution is -0.384. The van der Waals surface area contributed by atoms with Crippen LogP contribution in [0.25, 0.3) is 28.5 Å². The molecule has 0 aliphatic heterocycles. The molecule has 30 heavy (non-hydrogen) atoms. The summed E-state index contributed by atoms with van der Waals surface area (Å²) < 4.78 is 12.5. The van der Waals surface area contributed by atoms with Crippen LogP contribution >= 0.6 is 0 Å². The predicted molar refractivity (Wildman–Crippen MR) is 105 cm³/mol. The normalized spacial score (nSPS) is 13.3. The third kappa shape index (κ3) is 3.62. The zero-order valence-corrected chi connectivity index (χ0v) is 15.7. The van der Waals surface area contributed by atoms with Gasteiger partial charge in [0, 0.05) is 41.9 Å². The molecule has 3 aromatic heterocycles. The second-order valence-electron chi connectivity index (χ2n) is 6.99. The van der Waals surface area contributed by atoms with Gasteiger partial charge in [0.1, 0.15) is 5.69 Å². The molecule has 1 aromatic carbocycles. The molecule has 10 heteroatoms. The molecule has 4 aromatic rings. The van der Waals surface area contributed by atoms with Crippen LogP contribution in [0.15, 0.2) is 59.8 Å². The average Bonchev–Trinajstić information content (AvgIpc) is 3.23. The van der Waals surface area contributed by atoms with Crippen molar-refractivity contribution in [1.29, 1.82) is 0 Å². The number of nitro groups is 1.